The molecule has 128 valence electrons. The van der Waals surface area contributed by atoms with Gasteiger partial charge >= 0.3 is 6.18 Å². The number of benzene rings is 2. The average molecular weight is 370 g/mol. The molecule has 4 aromatic carbocycles. The summed E-state index contributed by atoms with van der Waals surface area (Å²) < 4.78 is 39.8. The fourth-order valence-corrected chi connectivity index (χ4v) is 4.94. The minimum Gasteiger partial charge on any atom is -0.288 e. The van der Waals surface area contributed by atoms with Crippen molar-refractivity contribution < 1.29 is 13.2 Å². The van der Waals surface area contributed by atoms with E-state index in [1.165, 1.54) is 6.07 Å². The molecule has 0 aliphatic heterocycles. The molecule has 0 saturated carbocycles. The minimum absolute atomic E-state index is 0.0527. The summed E-state index contributed by atoms with van der Waals surface area (Å²) in [6, 6.07) is 8.76. The number of hydrogen-bond donors (Lipinski definition) is 0. The molecule has 0 bridgehead atoms. The molecule has 0 amide bonds. The summed E-state index contributed by atoms with van der Waals surface area (Å²) in [4.78, 5) is 25.4. The van der Waals surface area contributed by atoms with Gasteiger partial charge in [0.15, 0.2) is 0 Å². The van der Waals surface area contributed by atoms with Gasteiger partial charge in [-0.1, -0.05) is 23.8 Å². The van der Waals surface area contributed by atoms with Gasteiger partial charge in [0.05, 0.1) is 15.0 Å². The van der Waals surface area contributed by atoms with Gasteiger partial charge in [0.1, 0.15) is 0 Å². The number of halogens is 3. The van der Waals surface area contributed by atoms with Crippen molar-refractivity contribution in [3.8, 4) is 0 Å². The van der Waals surface area contributed by atoms with Crippen LogP contribution in [0.1, 0.15) is 11.1 Å². The monoisotopic (exact) mass is 370 g/mol. The zero-order valence-electron chi connectivity index (χ0n) is 13.3. The van der Waals surface area contributed by atoms with E-state index in [9.17, 15) is 22.8 Å². The van der Waals surface area contributed by atoms with E-state index in [1.54, 1.807) is 6.07 Å². The van der Waals surface area contributed by atoms with Crippen molar-refractivity contribution in [2.45, 2.75) is 13.1 Å². The van der Waals surface area contributed by atoms with Gasteiger partial charge in [0.25, 0.3) is 0 Å². The van der Waals surface area contributed by atoms with E-state index in [0.29, 0.717) is 30.9 Å². The van der Waals surface area contributed by atoms with Gasteiger partial charge < -0.3 is 0 Å². The summed E-state index contributed by atoms with van der Waals surface area (Å²) in [6.45, 7) is 1.89. The van der Waals surface area contributed by atoms with Gasteiger partial charge in [0, 0.05) is 21.5 Å². The number of thiophene rings is 1. The second-order valence-corrected chi connectivity index (χ2v) is 7.50. The molecule has 0 fully saturated rings. The van der Waals surface area contributed by atoms with E-state index in [0.717, 1.165) is 34.4 Å². The Balaban J connectivity index is 2.03. The van der Waals surface area contributed by atoms with Crippen molar-refractivity contribution in [3.05, 3.63) is 68.0 Å². The first-order valence-corrected chi connectivity index (χ1v) is 8.68. The van der Waals surface area contributed by atoms with Crippen molar-refractivity contribution in [1.29, 1.82) is 0 Å². The highest BCUT2D eigenvalue weighted by atomic mass is 32.1. The zero-order chi connectivity index (χ0) is 18.4. The molecule has 5 rings (SSSR count). The Morgan fingerprint density at radius 1 is 0.769 bits per heavy atom. The molecule has 0 atom stereocenters. The Morgan fingerprint density at radius 3 is 1.88 bits per heavy atom. The van der Waals surface area contributed by atoms with Gasteiger partial charge in [-0.25, -0.2) is 0 Å². The maximum absolute atomic E-state index is 13.0. The molecular weight excluding hydrogens is 361 g/mol. The molecule has 0 saturated heterocycles. The summed E-state index contributed by atoms with van der Waals surface area (Å²) in [7, 11) is 0. The van der Waals surface area contributed by atoms with Gasteiger partial charge in [-0.2, -0.15) is 13.2 Å². The number of rotatable bonds is 0. The number of aryl methyl sites for hydroxylation is 1. The maximum atomic E-state index is 13.0. The van der Waals surface area contributed by atoms with Gasteiger partial charge in [0.2, 0.25) is 10.9 Å². The summed E-state index contributed by atoms with van der Waals surface area (Å²) in [5.41, 5.74) is -0.458. The molecule has 0 aliphatic carbocycles. The van der Waals surface area contributed by atoms with Crippen LogP contribution in [0.4, 0.5) is 13.2 Å². The Hall–Kier alpha value is -2.73. The second kappa shape index (κ2) is 4.71. The van der Waals surface area contributed by atoms with Crippen LogP contribution in [0.3, 0.4) is 0 Å². The summed E-state index contributed by atoms with van der Waals surface area (Å²) in [5.74, 6) is 0. The molecule has 6 heteroatoms. The van der Waals surface area contributed by atoms with E-state index in [2.05, 4.69) is 0 Å². The highest BCUT2D eigenvalue weighted by Gasteiger charge is 2.31. The quantitative estimate of drug-likeness (QED) is 0.371. The molecule has 0 radical (unpaired) electrons. The van der Waals surface area contributed by atoms with Gasteiger partial charge in [-0.3, -0.25) is 9.59 Å². The lowest BCUT2D eigenvalue weighted by Crippen LogP contribution is -2.05. The van der Waals surface area contributed by atoms with Crippen LogP contribution < -0.4 is 10.9 Å². The molecule has 0 unspecified atom stereocenters. The maximum Gasteiger partial charge on any atom is 0.416 e. The molecule has 1 heterocycles. The molecule has 0 aliphatic rings. The fraction of sp³-hybridized carbons (Fsp3) is 0.100. The molecule has 5 aromatic rings. The highest BCUT2D eigenvalue weighted by Crippen LogP contribution is 2.42. The lowest BCUT2D eigenvalue weighted by Gasteiger charge is -2.05. The topological polar surface area (TPSA) is 34.1 Å². The fourth-order valence-electron chi connectivity index (χ4n) is 3.70. The SMILES string of the molecule is Cc1ccc2c(c1)c(=O)c1sc3c(=O)c4cc(C(F)(F)F)ccc4c3c12. The zero-order valence-corrected chi connectivity index (χ0v) is 14.1. The lowest BCUT2D eigenvalue weighted by atomic mass is 10.1. The normalized spacial score (nSPS) is 12.9. The standard InChI is InChI=1S/C20H9F3O2S/c1-8-2-4-10-12(6-8)16(24)18-14(10)15-11-5-3-9(20(21,22)23)7-13(11)17(25)19(15)26-18/h2-7H,1H3. The summed E-state index contributed by atoms with van der Waals surface area (Å²) >= 11 is 1.08. The van der Waals surface area contributed by atoms with Crippen LogP contribution >= 0.6 is 11.3 Å². The van der Waals surface area contributed by atoms with Crippen LogP contribution in [0.5, 0.6) is 0 Å². The first-order valence-electron chi connectivity index (χ1n) is 7.86. The van der Waals surface area contributed by atoms with Crippen molar-refractivity contribution in [1.82, 2.24) is 0 Å². The molecule has 2 nitrogen and oxygen atoms in total. The van der Waals surface area contributed by atoms with Crippen molar-refractivity contribution in [2.24, 2.45) is 0 Å². The third kappa shape index (κ3) is 1.82. The van der Waals surface area contributed by atoms with Crippen molar-refractivity contribution >= 4 is 53.1 Å². The van der Waals surface area contributed by atoms with Crippen molar-refractivity contribution in [2.75, 3.05) is 0 Å². The summed E-state index contributed by atoms with van der Waals surface area (Å²) in [6.07, 6.45) is -4.51. The first-order chi connectivity index (χ1) is 12.3. The van der Waals surface area contributed by atoms with E-state index >= 15 is 0 Å². The predicted molar refractivity (Wildman–Crippen MR) is 99.0 cm³/mol. The van der Waals surface area contributed by atoms with Crippen LogP contribution in [-0.4, -0.2) is 0 Å². The minimum atomic E-state index is -4.51. The smallest absolute Gasteiger partial charge is 0.288 e. The molecular formula is C20H9F3O2S. The Morgan fingerprint density at radius 2 is 1.31 bits per heavy atom. The summed E-state index contributed by atoms with van der Waals surface area (Å²) in [5, 5.41) is 3.12. The Labute approximate surface area is 147 Å². The van der Waals surface area contributed by atoms with Crippen LogP contribution in [0.2, 0.25) is 0 Å². The highest BCUT2D eigenvalue weighted by molar-refractivity contribution is 7.26. The van der Waals surface area contributed by atoms with Crippen molar-refractivity contribution in [3.63, 3.8) is 0 Å². The predicted octanol–water partition coefficient (Wildman–Crippen LogP) is 5.28. The lowest BCUT2D eigenvalue weighted by molar-refractivity contribution is -0.137. The van der Waals surface area contributed by atoms with E-state index in [-0.39, 0.29) is 10.8 Å². The van der Waals surface area contributed by atoms with E-state index in [1.807, 2.05) is 19.1 Å². The molecule has 0 spiro atoms. The molecule has 1 aromatic heterocycles. The number of fused-ring (bicyclic) bond motifs is 7. The Kier molecular flexibility index (Phi) is 2.81. The largest absolute Gasteiger partial charge is 0.416 e. The van der Waals surface area contributed by atoms with Gasteiger partial charge in [-0.15, -0.1) is 11.3 Å². The van der Waals surface area contributed by atoms with E-state index in [4.69, 9.17) is 0 Å². The molecule has 26 heavy (non-hydrogen) atoms. The third-order valence-electron chi connectivity index (χ3n) is 4.87. The Bertz CT molecular complexity index is 1460. The second-order valence-electron chi connectivity index (χ2n) is 6.48. The van der Waals surface area contributed by atoms with Crippen LogP contribution in [0.25, 0.3) is 41.7 Å². The van der Waals surface area contributed by atoms with E-state index < -0.39 is 17.2 Å². The first kappa shape index (κ1) is 15.5. The van der Waals surface area contributed by atoms with Crippen LogP contribution in [-0.2, 0) is 6.18 Å². The third-order valence-corrected chi connectivity index (χ3v) is 6.06. The van der Waals surface area contributed by atoms with Crippen LogP contribution in [0.15, 0.2) is 46.0 Å². The average Bonchev–Trinajstić information content (AvgIpc) is 3.18. The molecule has 0 N–H and O–H groups in total. The number of hydrogen-bond acceptors (Lipinski definition) is 3. The van der Waals surface area contributed by atoms with Gasteiger partial charge in [-0.05, 0) is 35.9 Å². The van der Waals surface area contributed by atoms with Crippen LogP contribution in [0, 0.1) is 6.92 Å². The number of alkyl halides is 3.